The number of fused-ring (bicyclic) bond motifs is 1. The van der Waals surface area contributed by atoms with Crippen LogP contribution in [-0.4, -0.2) is 55.0 Å². The Labute approximate surface area is 123 Å². The average molecular weight is 288 g/mol. The van der Waals surface area contributed by atoms with Crippen molar-refractivity contribution in [2.75, 3.05) is 19.8 Å². The van der Waals surface area contributed by atoms with Gasteiger partial charge in [-0.2, -0.15) is 5.10 Å². The zero-order chi connectivity index (χ0) is 14.2. The number of imidazole rings is 1. The standard InChI is InChI=1S/C14H20N6O/c1-11-14-16-6-13(7-18-10-15-9-17-18)20(14)4-3-19(11)12-2-5-21-8-12/h6,9-12H,2-5,7-8H2,1H3/t11-,12+/m1/s1. The molecule has 2 atom stereocenters. The van der Waals surface area contributed by atoms with Gasteiger partial charge in [-0.15, -0.1) is 0 Å². The molecule has 7 heteroatoms. The van der Waals surface area contributed by atoms with E-state index in [0.717, 1.165) is 45.1 Å². The van der Waals surface area contributed by atoms with Crippen LogP contribution in [-0.2, 0) is 17.8 Å². The van der Waals surface area contributed by atoms with E-state index in [2.05, 4.69) is 31.5 Å². The fraction of sp³-hybridized carbons (Fsp3) is 0.643. The Morgan fingerprint density at radius 1 is 1.38 bits per heavy atom. The van der Waals surface area contributed by atoms with Crippen molar-refractivity contribution in [3.05, 3.63) is 30.4 Å². The molecule has 0 bridgehead atoms. The molecule has 0 unspecified atom stereocenters. The monoisotopic (exact) mass is 288 g/mol. The summed E-state index contributed by atoms with van der Waals surface area (Å²) in [6.45, 7) is 6.77. The molecule has 0 aliphatic carbocycles. The lowest BCUT2D eigenvalue weighted by Crippen LogP contribution is -2.44. The maximum absolute atomic E-state index is 5.53. The lowest BCUT2D eigenvalue weighted by Gasteiger charge is -2.37. The summed E-state index contributed by atoms with van der Waals surface area (Å²) in [5, 5.41) is 4.17. The van der Waals surface area contributed by atoms with Crippen LogP contribution in [0.1, 0.15) is 30.9 Å². The number of ether oxygens (including phenoxy) is 1. The first-order valence-electron chi connectivity index (χ1n) is 7.53. The van der Waals surface area contributed by atoms with E-state index in [9.17, 15) is 0 Å². The molecule has 2 aliphatic rings. The van der Waals surface area contributed by atoms with Crippen LogP contribution in [0.2, 0.25) is 0 Å². The van der Waals surface area contributed by atoms with Gasteiger partial charge in [-0.3, -0.25) is 4.90 Å². The highest BCUT2D eigenvalue weighted by Gasteiger charge is 2.33. The first-order valence-corrected chi connectivity index (χ1v) is 7.53. The van der Waals surface area contributed by atoms with E-state index in [0.29, 0.717) is 12.1 Å². The van der Waals surface area contributed by atoms with Gasteiger partial charge in [-0.1, -0.05) is 0 Å². The summed E-state index contributed by atoms with van der Waals surface area (Å²) in [5.74, 6) is 1.16. The molecule has 0 N–H and O–H groups in total. The lowest BCUT2D eigenvalue weighted by atomic mass is 10.1. The van der Waals surface area contributed by atoms with Crippen molar-refractivity contribution in [3.8, 4) is 0 Å². The molecule has 2 aromatic heterocycles. The lowest BCUT2D eigenvalue weighted by molar-refractivity contribution is 0.0897. The zero-order valence-electron chi connectivity index (χ0n) is 12.2. The van der Waals surface area contributed by atoms with E-state index in [4.69, 9.17) is 4.74 Å². The van der Waals surface area contributed by atoms with Gasteiger partial charge in [0.1, 0.15) is 18.5 Å². The second-order valence-corrected chi connectivity index (χ2v) is 5.78. The highest BCUT2D eigenvalue weighted by atomic mass is 16.5. The SMILES string of the molecule is C[C@@H]1c2ncc(Cn3cncn3)n2CCN1[C@H]1CCOC1. The summed E-state index contributed by atoms with van der Waals surface area (Å²) in [7, 11) is 0. The Morgan fingerprint density at radius 3 is 3.10 bits per heavy atom. The quantitative estimate of drug-likeness (QED) is 0.831. The van der Waals surface area contributed by atoms with Crippen molar-refractivity contribution >= 4 is 0 Å². The molecule has 0 saturated carbocycles. The molecule has 4 rings (SSSR count). The van der Waals surface area contributed by atoms with E-state index < -0.39 is 0 Å². The fourth-order valence-electron chi connectivity index (χ4n) is 3.47. The van der Waals surface area contributed by atoms with Crippen molar-refractivity contribution in [1.82, 2.24) is 29.2 Å². The molecule has 0 spiro atoms. The number of hydrogen-bond acceptors (Lipinski definition) is 5. The number of hydrogen-bond donors (Lipinski definition) is 0. The van der Waals surface area contributed by atoms with Gasteiger partial charge < -0.3 is 9.30 Å². The predicted octanol–water partition coefficient (Wildman–Crippen LogP) is 0.688. The van der Waals surface area contributed by atoms with Crippen molar-refractivity contribution in [3.63, 3.8) is 0 Å². The van der Waals surface area contributed by atoms with E-state index in [1.807, 2.05) is 10.9 Å². The number of aromatic nitrogens is 5. The summed E-state index contributed by atoms with van der Waals surface area (Å²) in [6, 6.07) is 0.888. The number of nitrogens with zero attached hydrogens (tertiary/aromatic N) is 6. The molecule has 0 amide bonds. The van der Waals surface area contributed by atoms with E-state index >= 15 is 0 Å². The van der Waals surface area contributed by atoms with Gasteiger partial charge in [0.2, 0.25) is 0 Å². The molecule has 2 aromatic rings. The third-order valence-corrected chi connectivity index (χ3v) is 4.59. The van der Waals surface area contributed by atoms with E-state index in [1.165, 1.54) is 5.69 Å². The van der Waals surface area contributed by atoms with Crippen LogP contribution < -0.4 is 0 Å². The summed E-state index contributed by atoms with van der Waals surface area (Å²) >= 11 is 0. The second-order valence-electron chi connectivity index (χ2n) is 5.78. The summed E-state index contributed by atoms with van der Waals surface area (Å²) in [6.07, 6.45) is 6.42. The van der Waals surface area contributed by atoms with E-state index in [-0.39, 0.29) is 0 Å². The molecule has 7 nitrogen and oxygen atoms in total. The number of rotatable bonds is 3. The van der Waals surface area contributed by atoms with Crippen LogP contribution >= 0.6 is 0 Å². The first-order chi connectivity index (χ1) is 10.3. The van der Waals surface area contributed by atoms with Gasteiger partial charge in [0, 0.05) is 25.7 Å². The maximum atomic E-state index is 5.53. The van der Waals surface area contributed by atoms with Gasteiger partial charge in [0.25, 0.3) is 0 Å². The molecule has 1 fully saturated rings. The average Bonchev–Trinajstić information content (AvgIpc) is 3.21. The Morgan fingerprint density at radius 2 is 2.33 bits per heavy atom. The Balaban J connectivity index is 1.56. The normalized spacial score (nSPS) is 26.1. The summed E-state index contributed by atoms with van der Waals surface area (Å²) in [4.78, 5) is 11.2. The van der Waals surface area contributed by atoms with E-state index in [1.54, 1.807) is 12.7 Å². The van der Waals surface area contributed by atoms with Crippen LogP contribution in [0.3, 0.4) is 0 Å². The molecule has 4 heterocycles. The molecular weight excluding hydrogens is 268 g/mol. The Kier molecular flexibility index (Phi) is 3.23. The Bertz CT molecular complexity index is 601. The molecule has 112 valence electrons. The minimum absolute atomic E-state index is 0.343. The van der Waals surface area contributed by atoms with Crippen molar-refractivity contribution < 1.29 is 4.74 Å². The largest absolute Gasteiger partial charge is 0.380 e. The highest BCUT2D eigenvalue weighted by Crippen LogP contribution is 2.29. The maximum Gasteiger partial charge on any atom is 0.137 e. The summed E-state index contributed by atoms with van der Waals surface area (Å²) in [5.41, 5.74) is 1.20. The van der Waals surface area contributed by atoms with Gasteiger partial charge in [-0.25, -0.2) is 14.6 Å². The van der Waals surface area contributed by atoms with Gasteiger partial charge in [0.15, 0.2) is 0 Å². The third-order valence-electron chi connectivity index (χ3n) is 4.59. The molecule has 1 saturated heterocycles. The molecule has 2 aliphatic heterocycles. The molecule has 21 heavy (non-hydrogen) atoms. The van der Waals surface area contributed by atoms with Crippen LogP contribution in [0, 0.1) is 0 Å². The van der Waals surface area contributed by atoms with Gasteiger partial charge >= 0.3 is 0 Å². The molecular formula is C14H20N6O. The van der Waals surface area contributed by atoms with Crippen LogP contribution in [0.5, 0.6) is 0 Å². The van der Waals surface area contributed by atoms with Crippen LogP contribution in [0.4, 0.5) is 0 Å². The minimum Gasteiger partial charge on any atom is -0.380 e. The fourth-order valence-corrected chi connectivity index (χ4v) is 3.47. The highest BCUT2D eigenvalue weighted by molar-refractivity contribution is 5.12. The third kappa shape index (κ3) is 2.26. The van der Waals surface area contributed by atoms with Gasteiger partial charge in [0.05, 0.1) is 31.1 Å². The molecule has 0 aromatic carbocycles. The zero-order valence-corrected chi connectivity index (χ0v) is 12.2. The smallest absolute Gasteiger partial charge is 0.137 e. The Hall–Kier alpha value is -1.73. The topological polar surface area (TPSA) is 61.0 Å². The second kappa shape index (κ2) is 5.23. The van der Waals surface area contributed by atoms with Crippen molar-refractivity contribution in [2.24, 2.45) is 0 Å². The molecule has 0 radical (unpaired) electrons. The van der Waals surface area contributed by atoms with Gasteiger partial charge in [-0.05, 0) is 13.3 Å². The van der Waals surface area contributed by atoms with Crippen LogP contribution in [0.15, 0.2) is 18.9 Å². The van der Waals surface area contributed by atoms with Crippen molar-refractivity contribution in [2.45, 2.75) is 38.5 Å². The summed E-state index contributed by atoms with van der Waals surface area (Å²) < 4.78 is 9.71. The minimum atomic E-state index is 0.343. The van der Waals surface area contributed by atoms with Crippen LogP contribution in [0.25, 0.3) is 0 Å². The first kappa shape index (κ1) is 13.0. The van der Waals surface area contributed by atoms with Crippen molar-refractivity contribution in [1.29, 1.82) is 0 Å². The predicted molar refractivity (Wildman–Crippen MR) is 75.7 cm³/mol.